The standard InChI is InChI=1S/C19H21FN2O3S/c1-4-11-22-13(3)12(2)17(18(22)21-19(23)14-5-6-14)26(24,25)16-9-7-15(20)8-10-16/h4,7-10,14H,1,5-6,11H2,2-3H3,(H,21,23). The molecule has 1 N–H and O–H groups in total. The molecular weight excluding hydrogens is 355 g/mol. The van der Waals surface area contributed by atoms with Crippen molar-refractivity contribution < 1.29 is 17.6 Å². The zero-order valence-corrected chi connectivity index (χ0v) is 15.6. The van der Waals surface area contributed by atoms with Gasteiger partial charge in [0.15, 0.2) is 0 Å². The molecule has 1 heterocycles. The predicted octanol–water partition coefficient (Wildman–Crippen LogP) is 3.61. The first kappa shape index (κ1) is 18.4. The Morgan fingerprint density at radius 3 is 2.46 bits per heavy atom. The Morgan fingerprint density at radius 1 is 1.31 bits per heavy atom. The molecule has 0 spiro atoms. The quantitative estimate of drug-likeness (QED) is 0.619. The van der Waals surface area contributed by atoms with Gasteiger partial charge in [0.1, 0.15) is 16.5 Å². The molecule has 138 valence electrons. The van der Waals surface area contributed by atoms with Crippen LogP contribution in [0.5, 0.6) is 0 Å². The number of benzene rings is 1. The fraction of sp³-hybridized carbons (Fsp3) is 0.316. The van der Waals surface area contributed by atoms with Crippen molar-refractivity contribution in [2.24, 2.45) is 5.92 Å². The monoisotopic (exact) mass is 376 g/mol. The Balaban J connectivity index is 2.18. The largest absolute Gasteiger partial charge is 0.327 e. The molecule has 0 atom stereocenters. The minimum absolute atomic E-state index is 0.0142. The van der Waals surface area contributed by atoms with E-state index in [-0.39, 0.29) is 27.4 Å². The number of hydrogen-bond acceptors (Lipinski definition) is 3. The molecule has 26 heavy (non-hydrogen) atoms. The molecule has 1 aromatic heterocycles. The second kappa shape index (κ2) is 6.72. The SMILES string of the molecule is C=CCn1c(C)c(C)c(S(=O)(=O)c2ccc(F)cc2)c1NC(=O)C1CC1. The van der Waals surface area contributed by atoms with E-state index in [9.17, 15) is 17.6 Å². The zero-order valence-electron chi connectivity index (χ0n) is 14.8. The van der Waals surface area contributed by atoms with Gasteiger partial charge in [-0.3, -0.25) is 4.79 Å². The summed E-state index contributed by atoms with van der Waals surface area (Å²) in [7, 11) is -3.92. The molecule has 0 bridgehead atoms. The number of carbonyl (C=O) groups excluding carboxylic acids is 1. The van der Waals surface area contributed by atoms with Gasteiger partial charge in [0.05, 0.1) is 4.90 Å². The third-order valence-electron chi connectivity index (χ3n) is 4.67. The first-order valence-corrected chi connectivity index (χ1v) is 9.87. The molecule has 1 saturated carbocycles. The third kappa shape index (κ3) is 3.19. The summed E-state index contributed by atoms with van der Waals surface area (Å²) in [5.74, 6) is -0.503. The number of hydrogen-bond donors (Lipinski definition) is 1. The van der Waals surface area contributed by atoms with Crippen molar-refractivity contribution in [1.29, 1.82) is 0 Å². The van der Waals surface area contributed by atoms with Crippen LogP contribution < -0.4 is 5.32 Å². The van der Waals surface area contributed by atoms with Crippen molar-refractivity contribution in [3.8, 4) is 0 Å². The maximum absolute atomic E-state index is 13.2. The van der Waals surface area contributed by atoms with E-state index in [0.29, 0.717) is 12.1 Å². The second-order valence-corrected chi connectivity index (χ2v) is 8.39. The van der Waals surface area contributed by atoms with E-state index < -0.39 is 15.7 Å². The van der Waals surface area contributed by atoms with Crippen LogP contribution in [0.4, 0.5) is 10.2 Å². The maximum atomic E-state index is 13.2. The molecule has 0 saturated heterocycles. The van der Waals surface area contributed by atoms with Crippen molar-refractivity contribution in [2.75, 3.05) is 5.32 Å². The Morgan fingerprint density at radius 2 is 1.92 bits per heavy atom. The van der Waals surface area contributed by atoms with Gasteiger partial charge in [0.25, 0.3) is 0 Å². The van der Waals surface area contributed by atoms with Crippen molar-refractivity contribution in [1.82, 2.24) is 4.57 Å². The summed E-state index contributed by atoms with van der Waals surface area (Å²) in [5.41, 5.74) is 1.29. The van der Waals surface area contributed by atoms with Gasteiger partial charge in [0, 0.05) is 18.2 Å². The molecular formula is C19H21FN2O3S. The first-order valence-electron chi connectivity index (χ1n) is 8.39. The molecule has 5 nitrogen and oxygen atoms in total. The van der Waals surface area contributed by atoms with Gasteiger partial charge < -0.3 is 9.88 Å². The van der Waals surface area contributed by atoms with Gasteiger partial charge in [-0.15, -0.1) is 6.58 Å². The summed E-state index contributed by atoms with van der Waals surface area (Å²) in [6, 6.07) is 4.68. The fourth-order valence-electron chi connectivity index (χ4n) is 2.94. The van der Waals surface area contributed by atoms with Crippen molar-refractivity contribution in [2.45, 2.75) is 43.0 Å². The summed E-state index contributed by atoms with van der Waals surface area (Å²) in [5, 5.41) is 2.80. The van der Waals surface area contributed by atoms with E-state index in [1.165, 1.54) is 12.1 Å². The molecule has 1 aliphatic rings. The highest BCUT2D eigenvalue weighted by atomic mass is 32.2. The van der Waals surface area contributed by atoms with Crippen LogP contribution in [0.25, 0.3) is 0 Å². The molecule has 3 rings (SSSR count). The number of halogens is 1. The average molecular weight is 376 g/mol. The van der Waals surface area contributed by atoms with E-state index in [2.05, 4.69) is 11.9 Å². The van der Waals surface area contributed by atoms with Gasteiger partial charge in [0.2, 0.25) is 15.7 Å². The van der Waals surface area contributed by atoms with E-state index >= 15 is 0 Å². The molecule has 1 fully saturated rings. The maximum Gasteiger partial charge on any atom is 0.228 e. The molecule has 1 amide bonds. The van der Waals surface area contributed by atoms with Crippen molar-refractivity contribution in [3.05, 3.63) is 54.0 Å². The fourth-order valence-corrected chi connectivity index (χ4v) is 4.64. The van der Waals surface area contributed by atoms with Gasteiger partial charge >= 0.3 is 0 Å². The second-order valence-electron chi connectivity index (χ2n) is 6.51. The van der Waals surface area contributed by atoms with Crippen LogP contribution in [-0.2, 0) is 21.2 Å². The zero-order chi connectivity index (χ0) is 19.1. The van der Waals surface area contributed by atoms with E-state index in [0.717, 1.165) is 30.7 Å². The number of sulfone groups is 1. The highest BCUT2D eigenvalue weighted by molar-refractivity contribution is 7.91. The lowest BCUT2D eigenvalue weighted by atomic mass is 10.3. The normalized spacial score (nSPS) is 14.3. The van der Waals surface area contributed by atoms with Crippen LogP contribution in [0.1, 0.15) is 24.1 Å². The van der Waals surface area contributed by atoms with Crippen molar-refractivity contribution in [3.63, 3.8) is 0 Å². The topological polar surface area (TPSA) is 68.2 Å². The average Bonchev–Trinajstić information content (AvgIpc) is 3.40. The molecule has 7 heteroatoms. The van der Waals surface area contributed by atoms with Crippen LogP contribution >= 0.6 is 0 Å². The molecule has 1 aliphatic carbocycles. The van der Waals surface area contributed by atoms with Crippen LogP contribution in [0.2, 0.25) is 0 Å². The summed E-state index contributed by atoms with van der Waals surface area (Å²) < 4.78 is 41.4. The Kier molecular flexibility index (Phi) is 4.75. The number of anilines is 1. The number of aromatic nitrogens is 1. The molecule has 0 aliphatic heterocycles. The summed E-state index contributed by atoms with van der Waals surface area (Å²) in [6.07, 6.45) is 3.27. The van der Waals surface area contributed by atoms with E-state index in [1.807, 2.05) is 0 Å². The lowest BCUT2D eigenvalue weighted by Gasteiger charge is -2.13. The summed E-state index contributed by atoms with van der Waals surface area (Å²) in [4.78, 5) is 12.4. The number of rotatable bonds is 6. The lowest BCUT2D eigenvalue weighted by Crippen LogP contribution is -2.19. The molecule has 1 aromatic carbocycles. The number of carbonyl (C=O) groups is 1. The minimum atomic E-state index is -3.92. The van der Waals surface area contributed by atoms with Crippen LogP contribution in [-0.4, -0.2) is 18.9 Å². The van der Waals surface area contributed by atoms with Crippen molar-refractivity contribution >= 4 is 21.6 Å². The highest BCUT2D eigenvalue weighted by Gasteiger charge is 2.34. The predicted molar refractivity (Wildman–Crippen MR) is 97.3 cm³/mol. The lowest BCUT2D eigenvalue weighted by molar-refractivity contribution is -0.117. The number of nitrogens with zero attached hydrogens (tertiary/aromatic N) is 1. The Bertz CT molecular complexity index is 971. The van der Waals surface area contributed by atoms with Gasteiger partial charge in [-0.25, -0.2) is 12.8 Å². The van der Waals surface area contributed by atoms with E-state index in [4.69, 9.17) is 0 Å². The molecule has 0 unspecified atom stereocenters. The van der Waals surface area contributed by atoms with Gasteiger partial charge in [-0.2, -0.15) is 0 Å². The Hall–Kier alpha value is -2.41. The summed E-state index contributed by atoms with van der Waals surface area (Å²) in [6.45, 7) is 7.58. The first-order chi connectivity index (χ1) is 12.3. The minimum Gasteiger partial charge on any atom is -0.327 e. The van der Waals surface area contributed by atoms with Crippen LogP contribution in [0.15, 0.2) is 46.7 Å². The van der Waals surface area contributed by atoms with Gasteiger partial charge in [-0.05, 0) is 56.5 Å². The highest BCUT2D eigenvalue weighted by Crippen LogP contribution is 2.37. The molecule has 0 radical (unpaired) electrons. The van der Waals surface area contributed by atoms with Gasteiger partial charge in [-0.1, -0.05) is 6.08 Å². The van der Waals surface area contributed by atoms with Crippen LogP contribution in [0, 0.1) is 25.6 Å². The number of amides is 1. The molecule has 2 aromatic rings. The van der Waals surface area contributed by atoms with Crippen LogP contribution in [0.3, 0.4) is 0 Å². The summed E-state index contributed by atoms with van der Waals surface area (Å²) >= 11 is 0. The number of allylic oxidation sites excluding steroid dienone is 1. The Labute approximate surface area is 152 Å². The smallest absolute Gasteiger partial charge is 0.228 e. The number of nitrogens with one attached hydrogen (secondary N) is 1. The van der Waals surface area contributed by atoms with E-state index in [1.54, 1.807) is 24.5 Å². The third-order valence-corrected chi connectivity index (χ3v) is 6.60.